The highest BCUT2D eigenvalue weighted by molar-refractivity contribution is 5.82. The first kappa shape index (κ1) is 17.8. The Balaban J connectivity index is 2.90. The Labute approximate surface area is 129 Å². The summed E-state index contributed by atoms with van der Waals surface area (Å²) in [7, 11) is 1.24. The van der Waals surface area contributed by atoms with E-state index in [2.05, 4.69) is 4.74 Å². The molecule has 1 heterocycles. The number of amides is 2. The van der Waals surface area contributed by atoms with Crippen LogP contribution in [-0.2, 0) is 19.0 Å². The van der Waals surface area contributed by atoms with E-state index < -0.39 is 35.9 Å². The van der Waals surface area contributed by atoms with Crippen molar-refractivity contribution in [2.75, 3.05) is 13.7 Å². The van der Waals surface area contributed by atoms with Crippen LogP contribution in [0, 0.1) is 0 Å². The molecule has 1 aliphatic rings. The molecule has 0 bridgehead atoms. The van der Waals surface area contributed by atoms with Crippen molar-refractivity contribution < 1.29 is 28.6 Å². The van der Waals surface area contributed by atoms with Crippen LogP contribution in [-0.4, -0.2) is 54.5 Å². The van der Waals surface area contributed by atoms with Crippen LogP contribution in [0.3, 0.4) is 0 Å². The van der Waals surface area contributed by atoms with Gasteiger partial charge in [0.25, 0.3) is 0 Å². The Bertz CT molecular complexity index is 468. The molecule has 1 fully saturated rings. The third kappa shape index (κ3) is 5.27. The Kier molecular flexibility index (Phi) is 5.78. The van der Waals surface area contributed by atoms with E-state index in [-0.39, 0.29) is 0 Å². The van der Waals surface area contributed by atoms with Gasteiger partial charge in [-0.05, 0) is 20.8 Å². The molecule has 1 saturated heterocycles. The van der Waals surface area contributed by atoms with Gasteiger partial charge in [0.15, 0.2) is 0 Å². The Morgan fingerprint density at radius 1 is 1.27 bits per heavy atom. The van der Waals surface area contributed by atoms with Gasteiger partial charge in [0, 0.05) is 19.0 Å². The fourth-order valence-corrected chi connectivity index (χ4v) is 2.07. The van der Waals surface area contributed by atoms with Crippen molar-refractivity contribution in [3.63, 3.8) is 0 Å². The lowest BCUT2D eigenvalue weighted by molar-refractivity contribution is -0.134. The van der Waals surface area contributed by atoms with Gasteiger partial charge in [-0.3, -0.25) is 4.90 Å². The summed E-state index contributed by atoms with van der Waals surface area (Å²) >= 11 is 0. The van der Waals surface area contributed by atoms with Crippen LogP contribution in [0.4, 0.5) is 9.59 Å². The number of carbonyl (C=O) groups is 3. The summed E-state index contributed by atoms with van der Waals surface area (Å²) in [6, 6.07) is -0.638. The van der Waals surface area contributed by atoms with Gasteiger partial charge in [-0.2, -0.15) is 0 Å². The van der Waals surface area contributed by atoms with E-state index in [1.165, 1.54) is 24.2 Å². The van der Waals surface area contributed by atoms with Crippen LogP contribution in [0.2, 0.25) is 0 Å². The normalized spacial score (nSPS) is 21.7. The Morgan fingerprint density at radius 3 is 2.41 bits per heavy atom. The van der Waals surface area contributed by atoms with Gasteiger partial charge in [0.2, 0.25) is 0 Å². The van der Waals surface area contributed by atoms with E-state index >= 15 is 0 Å². The van der Waals surface area contributed by atoms with Gasteiger partial charge in [-0.1, -0.05) is 6.08 Å². The molecule has 2 amide bonds. The highest BCUT2D eigenvalue weighted by Crippen LogP contribution is 2.24. The fourth-order valence-electron chi connectivity index (χ4n) is 2.07. The molecule has 0 aromatic carbocycles. The number of carbonyl (C=O) groups excluding carboxylic acids is 3. The van der Waals surface area contributed by atoms with E-state index in [0.717, 1.165) is 0 Å². The molecule has 0 aromatic heterocycles. The number of esters is 1. The summed E-state index contributed by atoms with van der Waals surface area (Å²) in [6.07, 6.45) is 0.889. The van der Waals surface area contributed by atoms with E-state index in [9.17, 15) is 14.4 Å². The number of hydrogen-bond acceptors (Lipinski definition) is 6. The van der Waals surface area contributed by atoms with Gasteiger partial charge in [-0.15, -0.1) is 0 Å². The SMILES string of the molecule is COC(=O)/C=C\[C@H]1[C@@H](OC(N)=O)CCN1C(=O)OC(C)(C)C. The lowest BCUT2D eigenvalue weighted by Gasteiger charge is -2.28. The summed E-state index contributed by atoms with van der Waals surface area (Å²) in [5.41, 5.74) is 4.37. The second-order valence-electron chi connectivity index (χ2n) is 5.81. The van der Waals surface area contributed by atoms with Gasteiger partial charge in [0.05, 0.1) is 13.2 Å². The molecule has 0 aromatic rings. The van der Waals surface area contributed by atoms with Crippen LogP contribution in [0.1, 0.15) is 27.2 Å². The van der Waals surface area contributed by atoms with Crippen molar-refractivity contribution in [2.45, 2.75) is 44.9 Å². The minimum atomic E-state index is -0.937. The van der Waals surface area contributed by atoms with E-state index in [0.29, 0.717) is 13.0 Å². The Hall–Kier alpha value is -2.25. The lowest BCUT2D eigenvalue weighted by atomic mass is 10.1. The lowest BCUT2D eigenvalue weighted by Crippen LogP contribution is -2.43. The second-order valence-corrected chi connectivity index (χ2v) is 5.81. The minimum absolute atomic E-state index is 0.322. The molecule has 0 spiro atoms. The van der Waals surface area contributed by atoms with Crippen LogP contribution >= 0.6 is 0 Å². The van der Waals surface area contributed by atoms with Gasteiger partial charge < -0.3 is 19.9 Å². The molecule has 1 rings (SSSR count). The number of nitrogens with zero attached hydrogens (tertiary/aromatic N) is 1. The van der Waals surface area contributed by atoms with E-state index in [1.807, 2.05) is 0 Å². The van der Waals surface area contributed by atoms with E-state index in [1.54, 1.807) is 20.8 Å². The maximum absolute atomic E-state index is 12.2. The van der Waals surface area contributed by atoms with Crippen molar-refractivity contribution in [1.82, 2.24) is 4.90 Å². The van der Waals surface area contributed by atoms with Crippen molar-refractivity contribution in [3.05, 3.63) is 12.2 Å². The highest BCUT2D eigenvalue weighted by atomic mass is 16.6. The van der Waals surface area contributed by atoms with Crippen LogP contribution < -0.4 is 5.73 Å². The van der Waals surface area contributed by atoms with E-state index in [4.69, 9.17) is 15.2 Å². The molecule has 0 unspecified atom stereocenters. The zero-order chi connectivity index (χ0) is 16.9. The van der Waals surface area contributed by atoms with Crippen molar-refractivity contribution >= 4 is 18.2 Å². The van der Waals surface area contributed by atoms with Crippen LogP contribution in [0.25, 0.3) is 0 Å². The molecule has 1 aliphatic heterocycles. The Morgan fingerprint density at radius 2 is 1.91 bits per heavy atom. The largest absolute Gasteiger partial charge is 0.466 e. The summed E-state index contributed by atoms with van der Waals surface area (Å²) in [4.78, 5) is 35.8. The summed E-state index contributed by atoms with van der Waals surface area (Å²) in [5.74, 6) is -0.575. The molecule has 124 valence electrons. The van der Waals surface area contributed by atoms with Gasteiger partial charge >= 0.3 is 18.2 Å². The third-order valence-corrected chi connectivity index (χ3v) is 2.92. The number of hydrogen-bond donors (Lipinski definition) is 1. The average Bonchev–Trinajstić information content (AvgIpc) is 2.76. The molecule has 0 aliphatic carbocycles. The second kappa shape index (κ2) is 7.15. The quantitative estimate of drug-likeness (QED) is 0.476. The zero-order valence-corrected chi connectivity index (χ0v) is 13.2. The summed E-state index contributed by atoms with van der Waals surface area (Å²) in [5, 5.41) is 0. The first-order valence-electron chi connectivity index (χ1n) is 6.86. The first-order chi connectivity index (χ1) is 10.1. The molecular formula is C14H22N2O6. The monoisotopic (exact) mass is 314 g/mol. The maximum Gasteiger partial charge on any atom is 0.410 e. The average molecular weight is 314 g/mol. The number of primary amides is 1. The molecule has 8 nitrogen and oxygen atoms in total. The van der Waals surface area contributed by atoms with Gasteiger partial charge in [-0.25, -0.2) is 14.4 Å². The van der Waals surface area contributed by atoms with Crippen molar-refractivity contribution in [3.8, 4) is 0 Å². The topological polar surface area (TPSA) is 108 Å². The first-order valence-corrected chi connectivity index (χ1v) is 6.86. The summed E-state index contributed by atoms with van der Waals surface area (Å²) in [6.45, 7) is 5.57. The minimum Gasteiger partial charge on any atom is -0.466 e. The summed E-state index contributed by atoms with van der Waals surface area (Å²) < 4.78 is 14.8. The van der Waals surface area contributed by atoms with Gasteiger partial charge in [0.1, 0.15) is 11.7 Å². The third-order valence-electron chi connectivity index (χ3n) is 2.92. The standard InChI is InChI=1S/C14H22N2O6/c1-14(2,3)22-13(19)16-8-7-10(21-12(15)18)9(16)5-6-11(17)20-4/h5-6,9-10H,7-8H2,1-4H3,(H2,15,18)/b6-5-/t9-,10-/m0/s1. The molecule has 2 atom stereocenters. The van der Waals surface area contributed by atoms with Crippen molar-refractivity contribution in [2.24, 2.45) is 5.73 Å². The van der Waals surface area contributed by atoms with Crippen molar-refractivity contribution in [1.29, 1.82) is 0 Å². The molecular weight excluding hydrogens is 292 g/mol. The maximum atomic E-state index is 12.2. The molecule has 8 heteroatoms. The number of ether oxygens (including phenoxy) is 3. The molecule has 22 heavy (non-hydrogen) atoms. The predicted molar refractivity (Wildman–Crippen MR) is 77.0 cm³/mol. The smallest absolute Gasteiger partial charge is 0.410 e. The highest BCUT2D eigenvalue weighted by Gasteiger charge is 2.39. The van der Waals surface area contributed by atoms with Crippen LogP contribution in [0.5, 0.6) is 0 Å². The zero-order valence-electron chi connectivity index (χ0n) is 13.2. The number of likely N-dealkylation sites (tertiary alicyclic amines) is 1. The molecule has 0 saturated carbocycles. The molecule has 0 radical (unpaired) electrons. The number of methoxy groups -OCH3 is 1. The number of nitrogens with two attached hydrogens (primary N) is 1. The number of rotatable bonds is 3. The van der Waals surface area contributed by atoms with Crippen LogP contribution in [0.15, 0.2) is 12.2 Å². The predicted octanol–water partition coefficient (Wildman–Crippen LogP) is 1.19. The fraction of sp³-hybridized carbons (Fsp3) is 0.643. The molecule has 2 N–H and O–H groups in total.